The molecule has 19 heavy (non-hydrogen) atoms. The first-order chi connectivity index (χ1) is 8.74. The molecule has 1 aromatic rings. The lowest BCUT2D eigenvalue weighted by Gasteiger charge is -2.17. The third kappa shape index (κ3) is 4.58. The van der Waals surface area contributed by atoms with Gasteiger partial charge in [-0.05, 0) is 39.6 Å². The maximum Gasteiger partial charge on any atom is 0.167 e. The number of hydrogen-bond donors (Lipinski definition) is 2. The highest BCUT2D eigenvalue weighted by atomic mass is 16.5. The smallest absolute Gasteiger partial charge is 0.167 e. The molecule has 4 heteroatoms. The summed E-state index contributed by atoms with van der Waals surface area (Å²) in [6.07, 6.45) is 3.47. The van der Waals surface area contributed by atoms with Gasteiger partial charge >= 0.3 is 0 Å². The number of nitrogens with zero attached hydrogens (tertiary/aromatic N) is 1. The molecule has 0 radical (unpaired) electrons. The minimum Gasteiger partial charge on any atom is -0.504 e. The van der Waals surface area contributed by atoms with Crippen molar-refractivity contribution in [2.75, 3.05) is 21.2 Å². The average Bonchev–Trinajstić information content (AvgIpc) is 2.27. The molecule has 0 saturated carbocycles. The van der Waals surface area contributed by atoms with Crippen LogP contribution in [0.4, 0.5) is 0 Å². The molecule has 0 unspecified atom stereocenters. The molecule has 0 spiro atoms. The third-order valence-corrected chi connectivity index (χ3v) is 2.61. The Morgan fingerprint density at radius 1 is 1.32 bits per heavy atom. The van der Waals surface area contributed by atoms with Crippen molar-refractivity contribution >= 4 is 6.08 Å². The minimum atomic E-state index is -0.911. The van der Waals surface area contributed by atoms with E-state index >= 15 is 0 Å². The van der Waals surface area contributed by atoms with Crippen molar-refractivity contribution in [3.8, 4) is 11.5 Å². The first-order valence-corrected chi connectivity index (χ1v) is 6.20. The van der Waals surface area contributed by atoms with Crippen LogP contribution in [0.1, 0.15) is 25.0 Å². The lowest BCUT2D eigenvalue weighted by atomic mass is 10.0. The number of ether oxygens (including phenoxy) is 1. The van der Waals surface area contributed by atoms with Crippen molar-refractivity contribution in [2.24, 2.45) is 0 Å². The van der Waals surface area contributed by atoms with Gasteiger partial charge in [0.25, 0.3) is 0 Å². The van der Waals surface area contributed by atoms with Crippen molar-refractivity contribution in [3.63, 3.8) is 0 Å². The van der Waals surface area contributed by atoms with Gasteiger partial charge in [0.1, 0.15) is 0 Å². The molecule has 0 aliphatic carbocycles. The molecule has 0 fully saturated rings. The van der Waals surface area contributed by atoms with Crippen LogP contribution in [0, 0.1) is 0 Å². The van der Waals surface area contributed by atoms with Crippen molar-refractivity contribution < 1.29 is 14.9 Å². The second-order valence-corrected chi connectivity index (χ2v) is 5.42. The van der Waals surface area contributed by atoms with E-state index in [-0.39, 0.29) is 5.75 Å². The van der Waals surface area contributed by atoms with Gasteiger partial charge in [-0.1, -0.05) is 18.2 Å². The molecule has 0 heterocycles. The van der Waals surface area contributed by atoms with Gasteiger partial charge in [-0.3, -0.25) is 0 Å². The summed E-state index contributed by atoms with van der Waals surface area (Å²) in [5, 5.41) is 19.6. The molecule has 106 valence electrons. The fourth-order valence-corrected chi connectivity index (χ4v) is 1.79. The Morgan fingerprint density at radius 2 is 1.95 bits per heavy atom. The van der Waals surface area contributed by atoms with Gasteiger partial charge in [0.2, 0.25) is 0 Å². The molecule has 0 aromatic heterocycles. The summed E-state index contributed by atoms with van der Waals surface area (Å²) in [5.41, 5.74) is 0.907. The van der Waals surface area contributed by atoms with E-state index in [1.807, 2.05) is 25.1 Å². The van der Waals surface area contributed by atoms with Gasteiger partial charge in [0.15, 0.2) is 11.5 Å². The number of hydrogen-bond acceptors (Lipinski definition) is 4. The van der Waals surface area contributed by atoms with E-state index in [9.17, 15) is 10.2 Å². The Hall–Kier alpha value is -1.52. The third-order valence-electron chi connectivity index (χ3n) is 2.61. The summed E-state index contributed by atoms with van der Waals surface area (Å²) in [4.78, 5) is 2.03. The zero-order valence-electron chi connectivity index (χ0n) is 12.3. The summed E-state index contributed by atoms with van der Waals surface area (Å²) >= 11 is 0. The highest BCUT2D eigenvalue weighted by molar-refractivity contribution is 5.66. The molecule has 0 atom stereocenters. The molecule has 0 saturated heterocycles. The van der Waals surface area contributed by atoms with Crippen LogP contribution in [0.3, 0.4) is 0 Å². The van der Waals surface area contributed by atoms with Gasteiger partial charge in [-0.25, -0.2) is 0 Å². The fraction of sp³-hybridized carbons (Fsp3) is 0.467. The molecule has 1 aromatic carbocycles. The van der Waals surface area contributed by atoms with Crippen molar-refractivity contribution in [1.29, 1.82) is 0 Å². The normalized spacial score (nSPS) is 12.4. The van der Waals surface area contributed by atoms with Crippen LogP contribution in [0.2, 0.25) is 0 Å². The molecular formula is C15H23NO3. The topological polar surface area (TPSA) is 52.9 Å². The predicted molar refractivity (Wildman–Crippen MR) is 77.4 cm³/mol. The molecule has 0 aliphatic heterocycles. The van der Waals surface area contributed by atoms with Gasteiger partial charge in [-0.15, -0.1) is 0 Å². The summed E-state index contributed by atoms with van der Waals surface area (Å²) in [6, 6.07) is 3.49. The number of methoxy groups -OCH3 is 1. The van der Waals surface area contributed by atoms with Crippen LogP contribution in [0.5, 0.6) is 11.5 Å². The van der Waals surface area contributed by atoms with E-state index in [0.717, 1.165) is 17.7 Å². The fourth-order valence-electron chi connectivity index (χ4n) is 1.79. The molecule has 1 rings (SSSR count). The van der Waals surface area contributed by atoms with Gasteiger partial charge in [-0.2, -0.15) is 0 Å². The van der Waals surface area contributed by atoms with Crippen LogP contribution in [-0.4, -0.2) is 41.9 Å². The van der Waals surface area contributed by atoms with Crippen molar-refractivity contribution in [2.45, 2.75) is 26.0 Å². The zero-order valence-corrected chi connectivity index (χ0v) is 12.3. The predicted octanol–water partition coefficient (Wildman–Crippen LogP) is 2.25. The molecule has 0 bridgehead atoms. The second-order valence-electron chi connectivity index (χ2n) is 5.42. The highest BCUT2D eigenvalue weighted by Crippen LogP contribution is 2.34. The Labute approximate surface area is 114 Å². The lowest BCUT2D eigenvalue weighted by Crippen LogP contribution is -2.14. The van der Waals surface area contributed by atoms with Gasteiger partial charge in [0.05, 0.1) is 12.7 Å². The van der Waals surface area contributed by atoms with Crippen LogP contribution in [-0.2, 0) is 6.54 Å². The number of aromatic hydroxyl groups is 1. The standard InChI is InChI=1S/C15H23NO3/c1-15(2,18)9-8-12-11(10-16(3)4)6-7-13(17)14(12)19-5/h6-9,17-18H,10H2,1-5H3/b9-8+. The van der Waals surface area contributed by atoms with Crippen LogP contribution in [0.25, 0.3) is 6.08 Å². The lowest BCUT2D eigenvalue weighted by molar-refractivity contribution is 0.134. The average molecular weight is 265 g/mol. The van der Waals surface area contributed by atoms with E-state index in [1.54, 1.807) is 32.1 Å². The van der Waals surface area contributed by atoms with E-state index < -0.39 is 5.60 Å². The second kappa shape index (κ2) is 6.08. The molecule has 2 N–H and O–H groups in total. The van der Waals surface area contributed by atoms with Crippen LogP contribution >= 0.6 is 0 Å². The zero-order chi connectivity index (χ0) is 14.6. The Balaban J connectivity index is 3.29. The van der Waals surface area contributed by atoms with Crippen molar-refractivity contribution in [3.05, 3.63) is 29.3 Å². The molecular weight excluding hydrogens is 242 g/mol. The van der Waals surface area contributed by atoms with Crippen LogP contribution in [0.15, 0.2) is 18.2 Å². The number of rotatable bonds is 5. The van der Waals surface area contributed by atoms with Gasteiger partial charge in [0, 0.05) is 12.1 Å². The van der Waals surface area contributed by atoms with Crippen molar-refractivity contribution in [1.82, 2.24) is 4.90 Å². The van der Waals surface area contributed by atoms with E-state index in [0.29, 0.717) is 5.75 Å². The summed E-state index contributed by atoms with van der Waals surface area (Å²) in [5.74, 6) is 0.528. The summed E-state index contributed by atoms with van der Waals surface area (Å²) in [6.45, 7) is 4.12. The maximum atomic E-state index is 9.84. The number of phenols is 1. The number of benzene rings is 1. The van der Waals surface area contributed by atoms with E-state index in [2.05, 4.69) is 0 Å². The largest absolute Gasteiger partial charge is 0.504 e. The Bertz CT molecular complexity index is 459. The minimum absolute atomic E-state index is 0.0976. The maximum absolute atomic E-state index is 9.84. The van der Waals surface area contributed by atoms with E-state index in [1.165, 1.54) is 7.11 Å². The monoisotopic (exact) mass is 265 g/mol. The SMILES string of the molecule is COc1c(O)ccc(CN(C)C)c1/C=C/C(C)(C)O. The Morgan fingerprint density at radius 3 is 2.42 bits per heavy atom. The van der Waals surface area contributed by atoms with Gasteiger partial charge < -0.3 is 19.8 Å². The first kappa shape index (κ1) is 15.5. The first-order valence-electron chi connectivity index (χ1n) is 6.20. The van der Waals surface area contributed by atoms with E-state index in [4.69, 9.17) is 4.74 Å². The molecule has 0 aliphatic rings. The quantitative estimate of drug-likeness (QED) is 0.857. The molecule has 0 amide bonds. The number of phenolic OH excluding ortho intramolecular Hbond substituents is 1. The molecule has 4 nitrogen and oxygen atoms in total. The highest BCUT2D eigenvalue weighted by Gasteiger charge is 2.14. The Kier molecular flexibility index (Phi) is 4.97. The summed E-state index contributed by atoms with van der Waals surface area (Å²) in [7, 11) is 5.47. The van der Waals surface area contributed by atoms with Crippen LogP contribution < -0.4 is 4.74 Å². The number of aliphatic hydroxyl groups is 1. The summed E-state index contributed by atoms with van der Waals surface area (Å²) < 4.78 is 5.26.